The average molecular weight is 431 g/mol. The fourth-order valence-electron chi connectivity index (χ4n) is 2.42. The molecule has 0 radical (unpaired) electrons. The van der Waals surface area contributed by atoms with Crippen LogP contribution in [0.5, 0.6) is 5.75 Å². The fourth-order valence-corrected chi connectivity index (χ4v) is 3.68. The summed E-state index contributed by atoms with van der Waals surface area (Å²) in [4.78, 5) is 12.1. The summed E-state index contributed by atoms with van der Waals surface area (Å²) in [6.45, 7) is 0.181. The summed E-state index contributed by atoms with van der Waals surface area (Å²) in [5.74, 6) is 0.393. The zero-order valence-electron chi connectivity index (χ0n) is 14.9. The highest BCUT2D eigenvalue weighted by atomic mass is 35.5. The molecule has 0 fully saturated rings. The number of sulfonamides is 1. The molecule has 2 aromatic rings. The van der Waals surface area contributed by atoms with Crippen LogP contribution in [0.1, 0.15) is 12.8 Å². The van der Waals surface area contributed by atoms with E-state index in [2.05, 4.69) is 5.32 Å². The van der Waals surface area contributed by atoms with Crippen LogP contribution in [0.2, 0.25) is 10.0 Å². The smallest absolute Gasteiger partial charge is 0.232 e. The number of anilines is 2. The molecular formula is C18H20Cl2N2O4S. The first-order valence-electron chi connectivity index (χ1n) is 8.07. The van der Waals surface area contributed by atoms with Crippen LogP contribution in [-0.2, 0) is 14.8 Å². The van der Waals surface area contributed by atoms with Crippen LogP contribution >= 0.6 is 23.2 Å². The maximum Gasteiger partial charge on any atom is 0.232 e. The Hall–Kier alpha value is -1.96. The quantitative estimate of drug-likeness (QED) is 0.680. The largest absolute Gasteiger partial charge is 0.497 e. The van der Waals surface area contributed by atoms with Gasteiger partial charge in [0, 0.05) is 18.7 Å². The van der Waals surface area contributed by atoms with E-state index < -0.39 is 10.0 Å². The van der Waals surface area contributed by atoms with Crippen LogP contribution in [0, 0.1) is 0 Å². The molecule has 0 unspecified atom stereocenters. The average Bonchev–Trinajstić information content (AvgIpc) is 2.61. The van der Waals surface area contributed by atoms with Gasteiger partial charge in [0.25, 0.3) is 0 Å². The summed E-state index contributed by atoms with van der Waals surface area (Å²) in [6.07, 6.45) is 1.64. The third kappa shape index (κ3) is 6.30. The van der Waals surface area contributed by atoms with Crippen molar-refractivity contribution in [2.45, 2.75) is 12.8 Å². The highest BCUT2D eigenvalue weighted by molar-refractivity contribution is 7.92. The maximum atomic E-state index is 12.1. The van der Waals surface area contributed by atoms with Gasteiger partial charge >= 0.3 is 0 Å². The van der Waals surface area contributed by atoms with Crippen LogP contribution in [0.3, 0.4) is 0 Å². The highest BCUT2D eigenvalue weighted by Gasteiger charge is 2.17. The maximum absolute atomic E-state index is 12.1. The first-order chi connectivity index (χ1) is 12.7. The van der Waals surface area contributed by atoms with E-state index in [0.29, 0.717) is 33.6 Å². The minimum Gasteiger partial charge on any atom is -0.497 e. The molecule has 0 saturated carbocycles. The number of rotatable bonds is 8. The molecule has 0 saturated heterocycles. The first kappa shape index (κ1) is 21.3. The standard InChI is InChI=1S/C18H20Cl2N2O4S/c1-26-15-8-6-14(7-9-15)22(27(2,24)25)11-3-4-18(23)21-13-5-10-16(19)17(20)12-13/h5-10,12H,3-4,11H2,1-2H3,(H,21,23). The monoisotopic (exact) mass is 430 g/mol. The molecule has 0 aliphatic rings. The minimum absolute atomic E-state index is 0.155. The molecule has 1 N–H and O–H groups in total. The third-order valence-corrected chi connectivity index (χ3v) is 5.66. The molecule has 0 aromatic heterocycles. The van der Waals surface area contributed by atoms with Gasteiger partial charge in [-0.3, -0.25) is 9.10 Å². The lowest BCUT2D eigenvalue weighted by atomic mass is 10.2. The topological polar surface area (TPSA) is 75.7 Å². The predicted octanol–water partition coefficient (Wildman–Crippen LogP) is 4.19. The van der Waals surface area contributed by atoms with Gasteiger partial charge in [-0.05, 0) is 48.9 Å². The Balaban J connectivity index is 1.96. The Morgan fingerprint density at radius 3 is 2.33 bits per heavy atom. The molecule has 0 heterocycles. The first-order valence-corrected chi connectivity index (χ1v) is 10.7. The van der Waals surface area contributed by atoms with Crippen molar-refractivity contribution in [1.82, 2.24) is 0 Å². The summed E-state index contributed by atoms with van der Waals surface area (Å²) in [5, 5.41) is 3.46. The van der Waals surface area contributed by atoms with Crippen molar-refractivity contribution in [3.05, 3.63) is 52.5 Å². The van der Waals surface area contributed by atoms with Gasteiger partial charge in [-0.25, -0.2) is 8.42 Å². The number of hydrogen-bond donors (Lipinski definition) is 1. The lowest BCUT2D eigenvalue weighted by Gasteiger charge is -2.22. The van der Waals surface area contributed by atoms with Gasteiger partial charge in [-0.1, -0.05) is 23.2 Å². The Morgan fingerprint density at radius 2 is 1.78 bits per heavy atom. The van der Waals surface area contributed by atoms with E-state index in [0.717, 1.165) is 6.26 Å². The number of benzene rings is 2. The molecule has 1 amide bonds. The van der Waals surface area contributed by atoms with Crippen molar-refractivity contribution in [1.29, 1.82) is 0 Å². The van der Waals surface area contributed by atoms with E-state index >= 15 is 0 Å². The zero-order valence-corrected chi connectivity index (χ0v) is 17.2. The number of nitrogens with one attached hydrogen (secondary N) is 1. The summed E-state index contributed by atoms with van der Waals surface area (Å²) >= 11 is 11.8. The van der Waals surface area contributed by atoms with Gasteiger partial charge in [-0.2, -0.15) is 0 Å². The summed E-state index contributed by atoms with van der Waals surface area (Å²) in [7, 11) is -1.94. The molecule has 146 valence electrons. The van der Waals surface area contributed by atoms with Crippen molar-refractivity contribution in [2.75, 3.05) is 29.5 Å². The second-order valence-electron chi connectivity index (χ2n) is 5.81. The van der Waals surface area contributed by atoms with Gasteiger partial charge in [-0.15, -0.1) is 0 Å². The number of methoxy groups -OCH3 is 1. The number of ether oxygens (including phenoxy) is 1. The van der Waals surface area contributed by atoms with Gasteiger partial charge in [0.05, 0.1) is 29.1 Å². The molecule has 0 aliphatic carbocycles. The Morgan fingerprint density at radius 1 is 1.11 bits per heavy atom. The van der Waals surface area contributed by atoms with Crippen molar-refractivity contribution in [3.8, 4) is 5.75 Å². The highest BCUT2D eigenvalue weighted by Crippen LogP contribution is 2.25. The van der Waals surface area contributed by atoms with E-state index in [9.17, 15) is 13.2 Å². The SMILES string of the molecule is COc1ccc(N(CCCC(=O)Nc2ccc(Cl)c(Cl)c2)S(C)(=O)=O)cc1. The Labute approximate surface area is 169 Å². The van der Waals surface area contributed by atoms with E-state index in [4.69, 9.17) is 27.9 Å². The number of carbonyl (C=O) groups is 1. The van der Waals surface area contributed by atoms with Crippen molar-refractivity contribution in [2.24, 2.45) is 0 Å². The number of halogens is 2. The molecule has 2 rings (SSSR count). The Bertz CT molecular complexity index is 902. The van der Waals surface area contributed by atoms with Crippen molar-refractivity contribution in [3.63, 3.8) is 0 Å². The van der Waals surface area contributed by atoms with Crippen LogP contribution < -0.4 is 14.4 Å². The van der Waals surface area contributed by atoms with E-state index in [1.807, 2.05) is 0 Å². The molecule has 0 aliphatic heterocycles. The van der Waals surface area contributed by atoms with Gasteiger partial charge in [0.15, 0.2) is 0 Å². The van der Waals surface area contributed by atoms with Crippen LogP contribution in [0.15, 0.2) is 42.5 Å². The van der Waals surface area contributed by atoms with Crippen molar-refractivity contribution < 1.29 is 17.9 Å². The minimum atomic E-state index is -3.48. The van der Waals surface area contributed by atoms with Gasteiger partial charge in [0.1, 0.15) is 5.75 Å². The molecule has 6 nitrogen and oxygen atoms in total. The lowest BCUT2D eigenvalue weighted by molar-refractivity contribution is -0.116. The number of amides is 1. The molecule has 2 aromatic carbocycles. The summed E-state index contributed by atoms with van der Waals surface area (Å²) in [6, 6.07) is 11.5. The molecular weight excluding hydrogens is 411 g/mol. The lowest BCUT2D eigenvalue weighted by Crippen LogP contribution is -2.31. The van der Waals surface area contributed by atoms with E-state index in [-0.39, 0.29) is 18.9 Å². The molecule has 27 heavy (non-hydrogen) atoms. The van der Waals surface area contributed by atoms with Crippen LogP contribution in [0.4, 0.5) is 11.4 Å². The van der Waals surface area contributed by atoms with Gasteiger partial charge < -0.3 is 10.1 Å². The number of carbonyl (C=O) groups excluding carboxylic acids is 1. The molecule has 0 bridgehead atoms. The van der Waals surface area contributed by atoms with Crippen LogP contribution in [0.25, 0.3) is 0 Å². The fraction of sp³-hybridized carbons (Fsp3) is 0.278. The van der Waals surface area contributed by atoms with Gasteiger partial charge in [0.2, 0.25) is 15.9 Å². The Kier molecular flexibility index (Phi) is 7.35. The molecule has 9 heteroatoms. The second kappa shape index (κ2) is 9.30. The molecule has 0 spiro atoms. The second-order valence-corrected chi connectivity index (χ2v) is 8.53. The number of nitrogens with zero attached hydrogens (tertiary/aromatic N) is 1. The third-order valence-electron chi connectivity index (χ3n) is 3.73. The summed E-state index contributed by atoms with van der Waals surface area (Å²) in [5.41, 5.74) is 1.05. The number of hydrogen-bond acceptors (Lipinski definition) is 4. The van der Waals surface area contributed by atoms with E-state index in [1.165, 1.54) is 11.4 Å². The summed E-state index contributed by atoms with van der Waals surface area (Å²) < 4.78 is 30.5. The predicted molar refractivity (Wildman–Crippen MR) is 110 cm³/mol. The molecule has 0 atom stereocenters. The van der Waals surface area contributed by atoms with Crippen molar-refractivity contribution >= 4 is 50.5 Å². The zero-order chi connectivity index (χ0) is 20.0. The van der Waals surface area contributed by atoms with Crippen LogP contribution in [-0.4, -0.2) is 34.2 Å². The normalized spacial score (nSPS) is 11.1. The van der Waals surface area contributed by atoms with E-state index in [1.54, 1.807) is 42.5 Å².